The molecule has 0 aromatic carbocycles. The first-order chi connectivity index (χ1) is 8.54. The maximum Gasteiger partial charge on any atom is 0.135 e. The Balaban J connectivity index is 2.11. The first kappa shape index (κ1) is 13.3. The molecule has 0 radical (unpaired) electrons. The van der Waals surface area contributed by atoms with Gasteiger partial charge in [-0.05, 0) is 46.4 Å². The second kappa shape index (κ2) is 5.69. The summed E-state index contributed by atoms with van der Waals surface area (Å²) in [5.41, 5.74) is 1.18. The topological polar surface area (TPSA) is 19.6 Å². The summed E-state index contributed by atoms with van der Waals surface area (Å²) in [5, 5.41) is 2.16. The summed E-state index contributed by atoms with van der Waals surface area (Å²) >= 11 is 1.78. The van der Waals surface area contributed by atoms with Crippen LogP contribution in [0.3, 0.4) is 0 Å². The van der Waals surface area contributed by atoms with E-state index in [4.69, 9.17) is 4.42 Å². The van der Waals surface area contributed by atoms with Crippen LogP contribution >= 0.6 is 11.3 Å². The standard InChI is InChI=1S/C14H20N2OS/c1-15(2)8-12-5-6-14(17-12)11-7-13(18-10-11)9-16(3)4/h5-7,10H,8-9H2,1-4H3. The van der Waals surface area contributed by atoms with Crippen LogP contribution in [0.2, 0.25) is 0 Å². The van der Waals surface area contributed by atoms with Gasteiger partial charge in [0.15, 0.2) is 0 Å². The Hall–Kier alpha value is -1.10. The molecule has 98 valence electrons. The SMILES string of the molecule is CN(C)Cc1ccc(-c2csc(CN(C)C)c2)o1. The van der Waals surface area contributed by atoms with Gasteiger partial charge in [0.1, 0.15) is 11.5 Å². The van der Waals surface area contributed by atoms with Gasteiger partial charge in [-0.2, -0.15) is 0 Å². The van der Waals surface area contributed by atoms with Gasteiger partial charge in [0.25, 0.3) is 0 Å². The molecule has 0 fully saturated rings. The van der Waals surface area contributed by atoms with Crippen molar-refractivity contribution in [3.8, 4) is 11.3 Å². The molecular weight excluding hydrogens is 244 g/mol. The Morgan fingerprint density at radius 1 is 1.06 bits per heavy atom. The average molecular weight is 264 g/mol. The fourth-order valence-electron chi connectivity index (χ4n) is 1.83. The molecule has 2 aromatic heterocycles. The molecule has 0 atom stereocenters. The highest BCUT2D eigenvalue weighted by atomic mass is 32.1. The largest absolute Gasteiger partial charge is 0.460 e. The number of rotatable bonds is 5. The molecule has 0 bridgehead atoms. The van der Waals surface area contributed by atoms with E-state index in [1.54, 1.807) is 11.3 Å². The van der Waals surface area contributed by atoms with Crippen molar-refractivity contribution in [3.63, 3.8) is 0 Å². The number of hydrogen-bond acceptors (Lipinski definition) is 4. The van der Waals surface area contributed by atoms with E-state index in [2.05, 4.69) is 47.5 Å². The van der Waals surface area contributed by atoms with Crippen molar-refractivity contribution in [2.45, 2.75) is 13.1 Å². The Morgan fingerprint density at radius 3 is 2.44 bits per heavy atom. The smallest absolute Gasteiger partial charge is 0.135 e. The zero-order chi connectivity index (χ0) is 13.1. The van der Waals surface area contributed by atoms with Crippen LogP contribution in [0.15, 0.2) is 28.0 Å². The Labute approximate surface area is 113 Å². The second-order valence-corrected chi connectivity index (χ2v) is 6.04. The monoisotopic (exact) mass is 264 g/mol. The average Bonchev–Trinajstić information content (AvgIpc) is 2.85. The van der Waals surface area contributed by atoms with Crippen molar-refractivity contribution in [2.75, 3.05) is 28.2 Å². The molecule has 0 amide bonds. The van der Waals surface area contributed by atoms with Crippen molar-refractivity contribution in [1.82, 2.24) is 9.80 Å². The minimum atomic E-state index is 0.842. The molecule has 2 aromatic rings. The molecular formula is C14H20N2OS. The molecule has 4 heteroatoms. The lowest BCUT2D eigenvalue weighted by atomic mass is 10.2. The zero-order valence-corrected chi connectivity index (χ0v) is 12.3. The van der Waals surface area contributed by atoms with Crippen LogP contribution in [0.5, 0.6) is 0 Å². The van der Waals surface area contributed by atoms with E-state index < -0.39 is 0 Å². The molecule has 0 unspecified atom stereocenters. The Morgan fingerprint density at radius 2 is 1.78 bits per heavy atom. The quantitative estimate of drug-likeness (QED) is 0.827. The van der Waals surface area contributed by atoms with Gasteiger partial charge in [0, 0.05) is 22.4 Å². The van der Waals surface area contributed by atoms with Crippen LogP contribution in [0.4, 0.5) is 0 Å². The van der Waals surface area contributed by atoms with Gasteiger partial charge in [-0.15, -0.1) is 11.3 Å². The lowest BCUT2D eigenvalue weighted by molar-refractivity contribution is 0.353. The van der Waals surface area contributed by atoms with Crippen LogP contribution in [0.25, 0.3) is 11.3 Å². The number of hydrogen-bond donors (Lipinski definition) is 0. The molecule has 2 rings (SSSR count). The first-order valence-electron chi connectivity index (χ1n) is 6.00. The van der Waals surface area contributed by atoms with Crippen molar-refractivity contribution in [1.29, 1.82) is 0 Å². The van der Waals surface area contributed by atoms with E-state index in [0.29, 0.717) is 0 Å². The number of nitrogens with zero attached hydrogens (tertiary/aromatic N) is 2. The Kier molecular flexibility index (Phi) is 4.22. The van der Waals surface area contributed by atoms with E-state index in [1.807, 2.05) is 14.1 Å². The Bertz CT molecular complexity index is 453. The highest BCUT2D eigenvalue weighted by molar-refractivity contribution is 7.10. The lowest BCUT2D eigenvalue weighted by Crippen LogP contribution is -2.09. The van der Waals surface area contributed by atoms with Gasteiger partial charge < -0.3 is 14.2 Å². The summed E-state index contributed by atoms with van der Waals surface area (Å²) < 4.78 is 5.85. The molecule has 0 saturated heterocycles. The third-order valence-corrected chi connectivity index (χ3v) is 3.47. The number of furan rings is 1. The van der Waals surface area contributed by atoms with Crippen molar-refractivity contribution < 1.29 is 4.42 Å². The highest BCUT2D eigenvalue weighted by Crippen LogP contribution is 2.28. The van der Waals surface area contributed by atoms with Gasteiger partial charge in [-0.1, -0.05) is 0 Å². The summed E-state index contributed by atoms with van der Waals surface area (Å²) in [7, 11) is 8.26. The third-order valence-electron chi connectivity index (χ3n) is 2.54. The molecule has 18 heavy (non-hydrogen) atoms. The maximum atomic E-state index is 5.85. The fraction of sp³-hybridized carbons (Fsp3) is 0.429. The summed E-state index contributed by atoms with van der Waals surface area (Å²) in [5.74, 6) is 1.98. The van der Waals surface area contributed by atoms with E-state index in [-0.39, 0.29) is 0 Å². The van der Waals surface area contributed by atoms with Crippen LogP contribution in [0, 0.1) is 0 Å². The van der Waals surface area contributed by atoms with E-state index >= 15 is 0 Å². The van der Waals surface area contributed by atoms with Crippen LogP contribution in [-0.2, 0) is 13.1 Å². The normalized spacial score (nSPS) is 11.7. The van der Waals surface area contributed by atoms with Gasteiger partial charge in [-0.25, -0.2) is 0 Å². The molecule has 0 spiro atoms. The van der Waals surface area contributed by atoms with Crippen LogP contribution in [-0.4, -0.2) is 38.0 Å². The predicted molar refractivity (Wildman–Crippen MR) is 76.8 cm³/mol. The van der Waals surface area contributed by atoms with Gasteiger partial charge in [0.05, 0.1) is 6.54 Å². The minimum absolute atomic E-state index is 0.842. The van der Waals surface area contributed by atoms with Gasteiger partial charge in [-0.3, -0.25) is 0 Å². The maximum absolute atomic E-state index is 5.85. The number of thiophene rings is 1. The van der Waals surface area contributed by atoms with E-state index in [1.165, 1.54) is 10.4 Å². The molecule has 0 N–H and O–H groups in total. The fourth-order valence-corrected chi connectivity index (χ4v) is 2.82. The van der Waals surface area contributed by atoms with Gasteiger partial charge >= 0.3 is 0 Å². The zero-order valence-electron chi connectivity index (χ0n) is 11.4. The summed E-state index contributed by atoms with van der Waals surface area (Å²) in [4.78, 5) is 5.64. The van der Waals surface area contributed by atoms with Crippen molar-refractivity contribution >= 4 is 11.3 Å². The van der Waals surface area contributed by atoms with Crippen molar-refractivity contribution in [3.05, 3.63) is 34.2 Å². The van der Waals surface area contributed by atoms with E-state index in [9.17, 15) is 0 Å². The summed E-state index contributed by atoms with van der Waals surface area (Å²) in [6.45, 7) is 1.82. The lowest BCUT2D eigenvalue weighted by Gasteiger charge is -2.06. The third kappa shape index (κ3) is 3.45. The summed E-state index contributed by atoms with van der Waals surface area (Å²) in [6.07, 6.45) is 0. The van der Waals surface area contributed by atoms with Crippen LogP contribution in [0.1, 0.15) is 10.6 Å². The minimum Gasteiger partial charge on any atom is -0.460 e. The van der Waals surface area contributed by atoms with E-state index in [0.717, 1.165) is 24.6 Å². The highest BCUT2D eigenvalue weighted by Gasteiger charge is 2.08. The van der Waals surface area contributed by atoms with Crippen LogP contribution < -0.4 is 0 Å². The predicted octanol–water partition coefficient (Wildman–Crippen LogP) is 3.13. The molecule has 2 heterocycles. The summed E-state index contributed by atoms with van der Waals surface area (Å²) in [6, 6.07) is 6.32. The first-order valence-corrected chi connectivity index (χ1v) is 6.88. The molecule has 3 nitrogen and oxygen atoms in total. The molecule has 0 aliphatic heterocycles. The van der Waals surface area contributed by atoms with Gasteiger partial charge in [0.2, 0.25) is 0 Å². The second-order valence-electron chi connectivity index (χ2n) is 5.04. The molecule has 0 aliphatic rings. The molecule has 0 aliphatic carbocycles. The molecule has 0 saturated carbocycles. The van der Waals surface area contributed by atoms with Crippen molar-refractivity contribution in [2.24, 2.45) is 0 Å².